The third-order valence-corrected chi connectivity index (χ3v) is 5.27. The van der Waals surface area contributed by atoms with Gasteiger partial charge in [-0.15, -0.1) is 23.4 Å². The van der Waals surface area contributed by atoms with Gasteiger partial charge in [0.15, 0.2) is 0 Å². The second kappa shape index (κ2) is 7.85. The van der Waals surface area contributed by atoms with Crippen molar-refractivity contribution in [1.82, 2.24) is 15.1 Å². The monoisotopic (exact) mass is 445 g/mol. The number of alkyl halides is 3. The summed E-state index contributed by atoms with van der Waals surface area (Å²) < 4.78 is 52.5. The molecule has 1 amide bonds. The fourth-order valence-corrected chi connectivity index (χ4v) is 3.53. The SMILES string of the molecule is O=C1c2cc(-c3ccc(OC(F)(F)F)cc3)ccc2OCCN1Cc1nnc(C2CC2)o1. The molecular formula is C22H18F3N3O4. The number of hydrogen-bond donors (Lipinski definition) is 0. The van der Waals surface area contributed by atoms with Gasteiger partial charge in [-0.25, -0.2) is 0 Å². The normalized spacial score (nSPS) is 16.3. The van der Waals surface area contributed by atoms with Crippen LogP contribution in [0.2, 0.25) is 0 Å². The molecule has 2 heterocycles. The van der Waals surface area contributed by atoms with E-state index >= 15 is 0 Å². The minimum atomic E-state index is -4.75. The molecule has 7 nitrogen and oxygen atoms in total. The van der Waals surface area contributed by atoms with E-state index < -0.39 is 6.36 Å². The van der Waals surface area contributed by atoms with E-state index in [1.807, 2.05) is 0 Å². The Hall–Kier alpha value is -3.56. The highest BCUT2D eigenvalue weighted by molar-refractivity contribution is 5.98. The summed E-state index contributed by atoms with van der Waals surface area (Å²) in [4.78, 5) is 14.8. The number of hydrogen-bond acceptors (Lipinski definition) is 6. The highest BCUT2D eigenvalue weighted by Gasteiger charge is 2.32. The summed E-state index contributed by atoms with van der Waals surface area (Å²) in [7, 11) is 0. The van der Waals surface area contributed by atoms with Gasteiger partial charge in [-0.1, -0.05) is 18.2 Å². The molecule has 32 heavy (non-hydrogen) atoms. The molecular weight excluding hydrogens is 427 g/mol. The van der Waals surface area contributed by atoms with Gasteiger partial charge in [0.1, 0.15) is 18.1 Å². The first-order valence-corrected chi connectivity index (χ1v) is 10.1. The molecule has 1 fully saturated rings. The van der Waals surface area contributed by atoms with Crippen LogP contribution in [0.15, 0.2) is 46.9 Å². The van der Waals surface area contributed by atoms with Crippen LogP contribution in [-0.4, -0.2) is 40.5 Å². The van der Waals surface area contributed by atoms with Gasteiger partial charge in [0, 0.05) is 5.92 Å². The first kappa shape index (κ1) is 20.3. The maximum Gasteiger partial charge on any atom is 0.573 e. The van der Waals surface area contributed by atoms with Gasteiger partial charge in [0.25, 0.3) is 5.91 Å². The lowest BCUT2D eigenvalue weighted by Gasteiger charge is -2.17. The predicted octanol–water partition coefficient (Wildman–Crippen LogP) is 4.55. The minimum absolute atomic E-state index is 0.176. The number of ether oxygens (including phenoxy) is 2. The van der Waals surface area contributed by atoms with Crippen LogP contribution in [0.25, 0.3) is 11.1 Å². The molecule has 0 radical (unpaired) electrons. The average molecular weight is 445 g/mol. The first-order valence-electron chi connectivity index (χ1n) is 10.1. The van der Waals surface area contributed by atoms with Crippen LogP contribution >= 0.6 is 0 Å². The standard InChI is InChI=1S/C22H18F3N3O4/c23-22(24,25)32-16-6-3-13(4-7-16)15-5-8-18-17(11-15)21(29)28(9-10-30-18)12-19-26-27-20(31-19)14-1-2-14/h3-8,11,14H,1-2,9-10,12H2. The maximum atomic E-state index is 13.2. The molecule has 2 aromatic carbocycles. The molecule has 166 valence electrons. The molecule has 1 aliphatic carbocycles. The Labute approximate surface area is 180 Å². The van der Waals surface area contributed by atoms with Gasteiger partial charge in [-0.3, -0.25) is 4.79 Å². The third-order valence-electron chi connectivity index (χ3n) is 5.27. The van der Waals surface area contributed by atoms with Crippen molar-refractivity contribution in [3.8, 4) is 22.6 Å². The highest BCUT2D eigenvalue weighted by Crippen LogP contribution is 2.39. The smallest absolute Gasteiger partial charge is 0.491 e. The number of nitrogens with zero attached hydrogens (tertiary/aromatic N) is 3. The van der Waals surface area contributed by atoms with Crippen molar-refractivity contribution in [2.75, 3.05) is 13.2 Å². The van der Waals surface area contributed by atoms with Crippen molar-refractivity contribution in [2.45, 2.75) is 31.7 Å². The molecule has 1 aliphatic heterocycles. The van der Waals surface area contributed by atoms with Gasteiger partial charge in [0.2, 0.25) is 11.8 Å². The lowest BCUT2D eigenvalue weighted by atomic mass is 10.0. The molecule has 1 saturated carbocycles. The quantitative estimate of drug-likeness (QED) is 0.574. The molecule has 0 saturated heterocycles. The number of fused-ring (bicyclic) bond motifs is 1. The summed E-state index contributed by atoms with van der Waals surface area (Å²) in [6.45, 7) is 0.841. The minimum Gasteiger partial charge on any atom is -0.491 e. The Morgan fingerprint density at radius 1 is 1.06 bits per heavy atom. The summed E-state index contributed by atoms with van der Waals surface area (Å²) >= 11 is 0. The number of rotatable bonds is 5. The van der Waals surface area contributed by atoms with E-state index in [1.165, 1.54) is 24.3 Å². The number of benzene rings is 2. The molecule has 0 spiro atoms. The van der Waals surface area contributed by atoms with E-state index in [0.717, 1.165) is 12.8 Å². The lowest BCUT2D eigenvalue weighted by Crippen LogP contribution is -2.32. The van der Waals surface area contributed by atoms with Crippen LogP contribution in [0, 0.1) is 0 Å². The fraction of sp³-hybridized carbons (Fsp3) is 0.318. The zero-order valence-electron chi connectivity index (χ0n) is 16.8. The summed E-state index contributed by atoms with van der Waals surface area (Å²) in [6, 6.07) is 10.6. The van der Waals surface area contributed by atoms with Crippen LogP contribution in [0.3, 0.4) is 0 Å². The van der Waals surface area contributed by atoms with Crippen molar-refractivity contribution in [3.63, 3.8) is 0 Å². The zero-order valence-corrected chi connectivity index (χ0v) is 16.8. The Morgan fingerprint density at radius 2 is 1.81 bits per heavy atom. The molecule has 0 N–H and O–H groups in total. The largest absolute Gasteiger partial charge is 0.573 e. The number of carbonyl (C=O) groups excluding carboxylic acids is 1. The molecule has 2 aliphatic rings. The topological polar surface area (TPSA) is 77.7 Å². The van der Waals surface area contributed by atoms with E-state index in [2.05, 4.69) is 14.9 Å². The number of aromatic nitrogens is 2. The Kier molecular flexibility index (Phi) is 4.99. The van der Waals surface area contributed by atoms with Gasteiger partial charge in [-0.05, 0) is 48.2 Å². The van der Waals surface area contributed by atoms with E-state index in [9.17, 15) is 18.0 Å². The number of carbonyl (C=O) groups is 1. The number of halogens is 3. The second-order valence-electron chi connectivity index (χ2n) is 7.67. The van der Waals surface area contributed by atoms with Crippen molar-refractivity contribution < 1.29 is 31.9 Å². The molecule has 10 heteroatoms. The van der Waals surface area contributed by atoms with Crippen molar-refractivity contribution in [1.29, 1.82) is 0 Å². The van der Waals surface area contributed by atoms with Gasteiger partial charge in [0.05, 0.1) is 18.7 Å². The molecule has 5 rings (SSSR count). The summed E-state index contributed by atoms with van der Waals surface area (Å²) in [5.41, 5.74) is 1.66. The molecule has 0 bridgehead atoms. The van der Waals surface area contributed by atoms with Crippen LogP contribution in [0.4, 0.5) is 13.2 Å². The van der Waals surface area contributed by atoms with Crippen molar-refractivity contribution >= 4 is 5.91 Å². The van der Waals surface area contributed by atoms with Crippen LogP contribution in [-0.2, 0) is 6.54 Å². The van der Waals surface area contributed by atoms with E-state index in [4.69, 9.17) is 9.15 Å². The Bertz CT molecular complexity index is 1140. The average Bonchev–Trinajstić information content (AvgIpc) is 3.52. The molecule has 1 aromatic heterocycles. The van der Waals surface area contributed by atoms with Gasteiger partial charge < -0.3 is 18.8 Å². The summed E-state index contributed by atoms with van der Waals surface area (Å²) in [5, 5.41) is 8.10. The van der Waals surface area contributed by atoms with E-state index in [-0.39, 0.29) is 18.2 Å². The summed E-state index contributed by atoms with van der Waals surface area (Å²) in [6.07, 6.45) is -2.67. The lowest BCUT2D eigenvalue weighted by molar-refractivity contribution is -0.274. The van der Waals surface area contributed by atoms with E-state index in [1.54, 1.807) is 23.1 Å². The van der Waals surface area contributed by atoms with E-state index in [0.29, 0.717) is 53.3 Å². The maximum absolute atomic E-state index is 13.2. The molecule has 0 unspecified atom stereocenters. The predicted molar refractivity (Wildman–Crippen MR) is 105 cm³/mol. The van der Waals surface area contributed by atoms with Crippen LogP contribution in [0.1, 0.15) is 40.9 Å². The highest BCUT2D eigenvalue weighted by atomic mass is 19.4. The van der Waals surface area contributed by atoms with Gasteiger partial charge >= 0.3 is 6.36 Å². The molecule has 0 atom stereocenters. The third kappa shape index (κ3) is 4.39. The first-order chi connectivity index (χ1) is 15.4. The Morgan fingerprint density at radius 3 is 2.53 bits per heavy atom. The molecule has 3 aromatic rings. The number of amides is 1. The summed E-state index contributed by atoms with van der Waals surface area (Å²) in [5.74, 6) is 1.20. The fourth-order valence-electron chi connectivity index (χ4n) is 3.53. The second-order valence-corrected chi connectivity index (χ2v) is 7.67. The van der Waals surface area contributed by atoms with Crippen LogP contribution in [0.5, 0.6) is 11.5 Å². The van der Waals surface area contributed by atoms with Gasteiger partial charge in [-0.2, -0.15) is 0 Å². The Balaban J connectivity index is 1.37. The van der Waals surface area contributed by atoms with Crippen molar-refractivity contribution in [2.24, 2.45) is 0 Å². The zero-order chi connectivity index (χ0) is 22.3. The van der Waals surface area contributed by atoms with Crippen LogP contribution < -0.4 is 9.47 Å². The van der Waals surface area contributed by atoms with Crippen molar-refractivity contribution in [3.05, 3.63) is 59.8 Å².